The lowest BCUT2D eigenvalue weighted by atomic mass is 10.1. The Hall–Kier alpha value is -2.87. The van der Waals surface area contributed by atoms with Crippen LogP contribution >= 0.6 is 0 Å². The molecule has 0 atom stereocenters. The number of nitrogens with zero attached hydrogens (tertiary/aromatic N) is 1. The zero-order valence-electron chi connectivity index (χ0n) is 16.2. The van der Waals surface area contributed by atoms with Gasteiger partial charge in [0, 0.05) is 25.7 Å². The molecule has 1 N–H and O–H groups in total. The number of para-hydroxylation sites is 1. The number of nitrogens with one attached hydrogen (secondary N) is 1. The number of carbonyl (C=O) groups is 2. The van der Waals surface area contributed by atoms with Gasteiger partial charge in [0.25, 0.3) is 5.91 Å². The molecule has 0 radical (unpaired) electrons. The molecule has 1 aliphatic heterocycles. The van der Waals surface area contributed by atoms with Crippen LogP contribution in [0.25, 0.3) is 0 Å². The van der Waals surface area contributed by atoms with Gasteiger partial charge in [-0.15, -0.1) is 0 Å². The first-order valence-electron chi connectivity index (χ1n) is 9.43. The van der Waals surface area contributed by atoms with E-state index >= 15 is 0 Å². The van der Waals surface area contributed by atoms with Gasteiger partial charge in [0.05, 0.1) is 5.25 Å². The van der Waals surface area contributed by atoms with Crippen LogP contribution < -0.4 is 10.1 Å². The van der Waals surface area contributed by atoms with Crippen molar-refractivity contribution >= 4 is 21.7 Å². The molecule has 0 saturated carbocycles. The fourth-order valence-corrected chi connectivity index (χ4v) is 4.94. The number of rotatable bonds is 6. The van der Waals surface area contributed by atoms with Crippen LogP contribution in [0.1, 0.15) is 23.2 Å². The van der Waals surface area contributed by atoms with E-state index in [1.807, 2.05) is 30.3 Å². The zero-order valence-corrected chi connectivity index (χ0v) is 17.0. The molecule has 154 valence electrons. The van der Waals surface area contributed by atoms with Crippen molar-refractivity contribution in [1.82, 2.24) is 10.2 Å². The summed E-state index contributed by atoms with van der Waals surface area (Å²) in [5.41, 5.74) is 0.525. The third kappa shape index (κ3) is 5.35. The average molecular weight is 416 g/mol. The van der Waals surface area contributed by atoms with Gasteiger partial charge in [-0.05, 0) is 49.2 Å². The lowest BCUT2D eigenvalue weighted by Crippen LogP contribution is -2.44. The molecule has 3 rings (SSSR count). The monoisotopic (exact) mass is 416 g/mol. The molecule has 1 heterocycles. The fourth-order valence-electron chi connectivity index (χ4n) is 3.26. The van der Waals surface area contributed by atoms with Crippen molar-refractivity contribution in [1.29, 1.82) is 0 Å². The summed E-state index contributed by atoms with van der Waals surface area (Å²) in [5, 5.41) is 1.74. The lowest BCUT2D eigenvalue weighted by Gasteiger charge is -2.31. The Balaban J connectivity index is 1.57. The van der Waals surface area contributed by atoms with Crippen molar-refractivity contribution in [3.05, 3.63) is 60.2 Å². The van der Waals surface area contributed by atoms with Crippen LogP contribution in [-0.4, -0.2) is 56.3 Å². The Bertz CT molecular complexity index is 950. The number of amides is 2. The van der Waals surface area contributed by atoms with Crippen molar-refractivity contribution in [2.24, 2.45) is 0 Å². The van der Waals surface area contributed by atoms with Gasteiger partial charge in [-0.2, -0.15) is 0 Å². The van der Waals surface area contributed by atoms with Gasteiger partial charge in [-0.1, -0.05) is 18.2 Å². The highest BCUT2D eigenvalue weighted by atomic mass is 32.2. The Morgan fingerprint density at radius 2 is 1.59 bits per heavy atom. The fraction of sp³-hybridized carbons (Fsp3) is 0.333. The molecule has 1 saturated heterocycles. The highest BCUT2D eigenvalue weighted by molar-refractivity contribution is 7.92. The molecular weight excluding hydrogens is 392 g/mol. The summed E-state index contributed by atoms with van der Waals surface area (Å²) >= 11 is 0. The third-order valence-electron chi connectivity index (χ3n) is 4.93. The molecule has 0 aromatic heterocycles. The van der Waals surface area contributed by atoms with Gasteiger partial charge < -0.3 is 15.0 Å². The van der Waals surface area contributed by atoms with Crippen molar-refractivity contribution < 1.29 is 22.7 Å². The summed E-state index contributed by atoms with van der Waals surface area (Å²) in [4.78, 5) is 25.8. The predicted octanol–water partition coefficient (Wildman–Crippen LogP) is 2.24. The maximum absolute atomic E-state index is 12.7. The van der Waals surface area contributed by atoms with Crippen LogP contribution in [0.4, 0.5) is 0 Å². The Morgan fingerprint density at radius 3 is 2.17 bits per heavy atom. The smallest absolute Gasteiger partial charge is 0.253 e. The highest BCUT2D eigenvalue weighted by Crippen LogP contribution is 2.23. The first kappa shape index (κ1) is 20.9. The third-order valence-corrected chi connectivity index (χ3v) is 7.08. The first-order chi connectivity index (χ1) is 13.9. The van der Waals surface area contributed by atoms with Gasteiger partial charge in [-0.3, -0.25) is 9.59 Å². The second-order valence-electron chi connectivity index (χ2n) is 6.91. The van der Waals surface area contributed by atoms with Crippen molar-refractivity contribution in [2.45, 2.75) is 18.1 Å². The first-order valence-corrected chi connectivity index (χ1v) is 11.1. The molecule has 2 aromatic rings. The molecule has 0 unspecified atom stereocenters. The van der Waals surface area contributed by atoms with Crippen molar-refractivity contribution in [3.63, 3.8) is 0 Å². The summed E-state index contributed by atoms with van der Waals surface area (Å²) < 4.78 is 30.3. The molecule has 7 nitrogen and oxygen atoms in total. The van der Waals surface area contributed by atoms with Crippen LogP contribution in [-0.2, 0) is 14.6 Å². The van der Waals surface area contributed by atoms with Crippen LogP contribution in [0.3, 0.4) is 0 Å². The van der Waals surface area contributed by atoms with Gasteiger partial charge >= 0.3 is 0 Å². The number of piperidine rings is 1. The number of hydrogen-bond donors (Lipinski definition) is 1. The van der Waals surface area contributed by atoms with Crippen molar-refractivity contribution in [3.8, 4) is 11.5 Å². The van der Waals surface area contributed by atoms with E-state index in [1.165, 1.54) is 7.05 Å². The number of likely N-dealkylation sites (tertiary alicyclic amines) is 1. The maximum atomic E-state index is 12.7. The van der Waals surface area contributed by atoms with E-state index in [2.05, 4.69) is 5.32 Å². The van der Waals surface area contributed by atoms with E-state index < -0.39 is 26.7 Å². The van der Waals surface area contributed by atoms with E-state index in [0.717, 1.165) is 0 Å². The SMILES string of the molecule is CNC(=O)CS(=O)(=O)C1CCN(C(=O)c2ccc(Oc3ccccc3)cc2)CC1. The lowest BCUT2D eigenvalue weighted by molar-refractivity contribution is -0.118. The number of benzene rings is 2. The van der Waals surface area contributed by atoms with Crippen molar-refractivity contribution in [2.75, 3.05) is 25.9 Å². The molecule has 0 aliphatic carbocycles. The summed E-state index contributed by atoms with van der Waals surface area (Å²) in [6.07, 6.45) is 0.667. The number of hydrogen-bond acceptors (Lipinski definition) is 5. The Morgan fingerprint density at radius 1 is 1.00 bits per heavy atom. The summed E-state index contributed by atoms with van der Waals surface area (Å²) in [6.45, 7) is 0.692. The predicted molar refractivity (Wildman–Crippen MR) is 110 cm³/mol. The summed E-state index contributed by atoms with van der Waals surface area (Å²) in [7, 11) is -2.10. The average Bonchev–Trinajstić information content (AvgIpc) is 2.74. The number of ether oxygens (including phenoxy) is 1. The zero-order chi connectivity index (χ0) is 20.9. The highest BCUT2D eigenvalue weighted by Gasteiger charge is 2.33. The number of carbonyl (C=O) groups excluding carboxylic acids is 2. The van der Waals surface area contributed by atoms with Gasteiger partial charge in [0.15, 0.2) is 9.84 Å². The molecule has 29 heavy (non-hydrogen) atoms. The number of sulfone groups is 1. The normalized spacial score (nSPS) is 15.0. The van der Waals surface area contributed by atoms with E-state index in [0.29, 0.717) is 43.0 Å². The van der Waals surface area contributed by atoms with Crippen LogP contribution in [0.15, 0.2) is 54.6 Å². The largest absolute Gasteiger partial charge is 0.457 e. The minimum atomic E-state index is -3.51. The van der Waals surface area contributed by atoms with Gasteiger partial charge in [0.1, 0.15) is 17.3 Å². The summed E-state index contributed by atoms with van der Waals surface area (Å²) in [5.74, 6) is 0.184. The molecule has 1 aliphatic rings. The molecule has 8 heteroatoms. The Labute approximate surface area is 170 Å². The van der Waals surface area contributed by atoms with Gasteiger partial charge in [-0.25, -0.2) is 8.42 Å². The van der Waals surface area contributed by atoms with E-state index in [-0.39, 0.29) is 5.91 Å². The van der Waals surface area contributed by atoms with Crippen LogP contribution in [0, 0.1) is 0 Å². The van der Waals surface area contributed by atoms with E-state index in [1.54, 1.807) is 29.2 Å². The Kier molecular flexibility index (Phi) is 6.53. The van der Waals surface area contributed by atoms with Crippen LogP contribution in [0.5, 0.6) is 11.5 Å². The van der Waals surface area contributed by atoms with Crippen LogP contribution in [0.2, 0.25) is 0 Å². The van der Waals surface area contributed by atoms with E-state index in [4.69, 9.17) is 4.74 Å². The summed E-state index contributed by atoms with van der Waals surface area (Å²) in [6, 6.07) is 16.2. The second-order valence-corrected chi connectivity index (χ2v) is 9.19. The standard InChI is InChI=1S/C21H24N2O5S/c1-22-20(24)15-29(26,27)19-11-13-23(14-12-19)21(25)16-7-9-18(10-8-16)28-17-5-3-2-4-6-17/h2-10,19H,11-15H2,1H3,(H,22,24). The topological polar surface area (TPSA) is 92.8 Å². The molecular formula is C21H24N2O5S. The minimum Gasteiger partial charge on any atom is -0.457 e. The molecule has 0 spiro atoms. The molecule has 2 amide bonds. The quantitative estimate of drug-likeness (QED) is 0.780. The molecule has 1 fully saturated rings. The minimum absolute atomic E-state index is 0.140. The van der Waals surface area contributed by atoms with E-state index in [9.17, 15) is 18.0 Å². The second kappa shape index (κ2) is 9.09. The maximum Gasteiger partial charge on any atom is 0.253 e. The molecule has 0 bridgehead atoms. The van der Waals surface area contributed by atoms with Gasteiger partial charge in [0.2, 0.25) is 5.91 Å². The molecule has 2 aromatic carbocycles.